The van der Waals surface area contributed by atoms with Crippen LogP contribution >= 0.6 is 23.5 Å². The molecule has 3 rings (SSSR count). The van der Waals surface area contributed by atoms with E-state index in [-0.39, 0.29) is 24.4 Å². The van der Waals surface area contributed by atoms with Gasteiger partial charge in [0.15, 0.2) is 0 Å². The maximum absolute atomic E-state index is 13.3. The minimum atomic E-state index is -0.0445. The summed E-state index contributed by atoms with van der Waals surface area (Å²) >= 11 is 3.64. The van der Waals surface area contributed by atoms with Crippen molar-refractivity contribution < 1.29 is 14.3 Å². The quantitative estimate of drug-likeness (QED) is 0.361. The molecule has 0 aromatic heterocycles. The van der Waals surface area contributed by atoms with E-state index < -0.39 is 0 Å². The molecule has 1 aromatic rings. The third-order valence-corrected chi connectivity index (χ3v) is 8.53. The smallest absolute Gasteiger partial charge is 0.261 e. The Balaban J connectivity index is 1.60. The second-order valence-electron chi connectivity index (χ2n) is 8.39. The van der Waals surface area contributed by atoms with Gasteiger partial charge in [0.2, 0.25) is 5.91 Å². The Morgan fingerprint density at radius 3 is 2.72 bits per heavy atom. The van der Waals surface area contributed by atoms with E-state index in [1.165, 1.54) is 25.0 Å². The van der Waals surface area contributed by atoms with Crippen LogP contribution in [0.2, 0.25) is 0 Å². The number of amides is 2. The summed E-state index contributed by atoms with van der Waals surface area (Å²) in [5, 5.41) is 3.40. The van der Waals surface area contributed by atoms with Crippen LogP contribution in [0.25, 0.3) is 6.08 Å². The normalized spacial score (nSPS) is 22.0. The number of benzene rings is 1. The molecule has 1 N–H and O–H groups in total. The van der Waals surface area contributed by atoms with Gasteiger partial charge in [0.25, 0.3) is 5.91 Å². The summed E-state index contributed by atoms with van der Waals surface area (Å²) in [4.78, 5) is 28.6. The average molecular weight is 477 g/mol. The van der Waals surface area contributed by atoms with Gasteiger partial charge < -0.3 is 15.0 Å². The molecule has 1 aliphatic heterocycles. The molecule has 1 aromatic carbocycles. The number of unbranched alkanes of at least 4 members (excludes halogenated alkanes) is 1. The molecular formula is C25H36N2O3S2. The number of nitrogens with one attached hydrogen (secondary N) is 1. The van der Waals surface area contributed by atoms with Crippen molar-refractivity contribution in [2.24, 2.45) is 0 Å². The van der Waals surface area contributed by atoms with Gasteiger partial charge in [0, 0.05) is 17.8 Å². The van der Waals surface area contributed by atoms with Crippen LogP contribution < -0.4 is 10.1 Å². The fourth-order valence-corrected chi connectivity index (χ4v) is 6.69. The van der Waals surface area contributed by atoms with Gasteiger partial charge in [-0.05, 0) is 61.0 Å². The third-order valence-electron chi connectivity index (χ3n) is 5.98. The van der Waals surface area contributed by atoms with Crippen molar-refractivity contribution >= 4 is 41.4 Å². The number of nitrogens with zero attached hydrogens (tertiary/aromatic N) is 1. The van der Waals surface area contributed by atoms with Gasteiger partial charge in [0.05, 0.1) is 12.0 Å². The maximum atomic E-state index is 13.3. The molecular weight excluding hydrogens is 440 g/mol. The molecule has 2 amide bonds. The fourth-order valence-electron chi connectivity index (χ4n) is 4.17. The number of carbonyl (C=O) groups is 2. The van der Waals surface area contributed by atoms with Gasteiger partial charge in [-0.3, -0.25) is 9.59 Å². The lowest BCUT2D eigenvalue weighted by Gasteiger charge is -2.43. The van der Waals surface area contributed by atoms with E-state index in [4.69, 9.17) is 4.74 Å². The second-order valence-corrected chi connectivity index (χ2v) is 10.9. The van der Waals surface area contributed by atoms with Crippen molar-refractivity contribution in [2.75, 3.05) is 31.7 Å². The first kappa shape index (κ1) is 25.0. The fraction of sp³-hybridized carbons (Fsp3) is 0.600. The number of hydrogen-bond acceptors (Lipinski definition) is 5. The Labute approximate surface area is 201 Å². The zero-order valence-electron chi connectivity index (χ0n) is 19.3. The Morgan fingerprint density at radius 1 is 1.22 bits per heavy atom. The first-order chi connectivity index (χ1) is 15.6. The molecule has 1 heterocycles. The molecule has 2 aliphatic rings. The van der Waals surface area contributed by atoms with Crippen molar-refractivity contribution in [1.82, 2.24) is 10.2 Å². The highest BCUT2D eigenvalue weighted by molar-refractivity contribution is 8.04. The number of hydrogen-bond donors (Lipinski definition) is 1. The summed E-state index contributed by atoms with van der Waals surface area (Å²) in [6, 6.07) is 7.88. The highest BCUT2D eigenvalue weighted by atomic mass is 32.2. The molecule has 2 fully saturated rings. The molecule has 2 atom stereocenters. The van der Waals surface area contributed by atoms with Crippen molar-refractivity contribution in [2.45, 2.75) is 63.2 Å². The number of rotatable bonds is 11. The monoisotopic (exact) mass is 476 g/mol. The van der Waals surface area contributed by atoms with E-state index >= 15 is 0 Å². The number of carbonyl (C=O) groups excluding carboxylic acids is 2. The van der Waals surface area contributed by atoms with Crippen LogP contribution in [0.15, 0.2) is 29.2 Å². The topological polar surface area (TPSA) is 58.6 Å². The number of fused-ring (bicyclic) bond motifs is 1. The van der Waals surface area contributed by atoms with Gasteiger partial charge in [-0.15, -0.1) is 11.8 Å². The van der Waals surface area contributed by atoms with Crippen LogP contribution in [0.4, 0.5) is 0 Å². The molecule has 176 valence electrons. The van der Waals surface area contributed by atoms with E-state index in [0.29, 0.717) is 11.8 Å². The van der Waals surface area contributed by atoms with Gasteiger partial charge in [0.1, 0.15) is 12.3 Å². The van der Waals surface area contributed by atoms with E-state index in [1.807, 2.05) is 47.0 Å². The van der Waals surface area contributed by atoms with Crippen molar-refractivity contribution in [3.8, 4) is 5.75 Å². The molecule has 1 aliphatic carbocycles. The van der Waals surface area contributed by atoms with Crippen LogP contribution in [-0.2, 0) is 9.59 Å². The van der Waals surface area contributed by atoms with Crippen LogP contribution in [0.5, 0.6) is 5.75 Å². The number of ether oxygens (including phenoxy) is 1. The molecule has 0 bridgehead atoms. The average Bonchev–Trinajstić information content (AvgIpc) is 2.81. The number of methoxy groups -OCH3 is 1. The second kappa shape index (κ2) is 13.2. The van der Waals surface area contributed by atoms with Crippen LogP contribution in [-0.4, -0.2) is 59.7 Å². The van der Waals surface area contributed by atoms with Crippen molar-refractivity contribution in [3.05, 3.63) is 34.7 Å². The predicted octanol–water partition coefficient (Wildman–Crippen LogP) is 4.96. The van der Waals surface area contributed by atoms with Gasteiger partial charge >= 0.3 is 0 Å². The largest absolute Gasteiger partial charge is 0.497 e. The summed E-state index contributed by atoms with van der Waals surface area (Å²) in [7, 11) is 1.64. The lowest BCUT2D eigenvalue weighted by molar-refractivity contribution is -0.135. The summed E-state index contributed by atoms with van der Waals surface area (Å²) in [5.41, 5.74) is 0.973. The molecule has 1 saturated heterocycles. The molecule has 32 heavy (non-hydrogen) atoms. The highest BCUT2D eigenvalue weighted by Gasteiger charge is 2.41. The first-order valence-corrected chi connectivity index (χ1v) is 13.8. The lowest BCUT2D eigenvalue weighted by Crippen LogP contribution is -2.54. The summed E-state index contributed by atoms with van der Waals surface area (Å²) in [6.07, 6.45) is 9.79. The molecule has 0 spiro atoms. The predicted molar refractivity (Wildman–Crippen MR) is 136 cm³/mol. The highest BCUT2D eigenvalue weighted by Crippen LogP contribution is 2.42. The van der Waals surface area contributed by atoms with Crippen molar-refractivity contribution in [1.29, 1.82) is 0 Å². The van der Waals surface area contributed by atoms with Crippen LogP contribution in [0.1, 0.15) is 57.4 Å². The summed E-state index contributed by atoms with van der Waals surface area (Å²) in [6.45, 7) is 3.04. The van der Waals surface area contributed by atoms with Crippen LogP contribution in [0, 0.1) is 0 Å². The third kappa shape index (κ3) is 7.20. The molecule has 2 unspecified atom stereocenters. The Morgan fingerprint density at radius 2 is 1.97 bits per heavy atom. The van der Waals surface area contributed by atoms with Gasteiger partial charge in [-0.2, -0.15) is 11.8 Å². The minimum Gasteiger partial charge on any atom is -0.497 e. The zero-order chi connectivity index (χ0) is 22.8. The Bertz CT molecular complexity index is 782. The molecule has 1 saturated carbocycles. The van der Waals surface area contributed by atoms with Gasteiger partial charge in [-0.1, -0.05) is 38.3 Å². The standard InChI is InChI=1S/C25H36N2O3S2/c1-3-4-15-31-16-7-14-26-24(28)18-27-21-8-5-6-9-22(21)32-23(25(27)29)17-19-10-12-20(30-2)13-11-19/h10-13,17,21-22H,3-9,14-16,18H2,1-2H3,(H,26,28)/b23-17-. The zero-order valence-corrected chi connectivity index (χ0v) is 20.9. The lowest BCUT2D eigenvalue weighted by atomic mass is 9.93. The van der Waals surface area contributed by atoms with Crippen molar-refractivity contribution in [3.63, 3.8) is 0 Å². The first-order valence-electron chi connectivity index (χ1n) is 11.8. The van der Waals surface area contributed by atoms with Crippen LogP contribution in [0.3, 0.4) is 0 Å². The van der Waals surface area contributed by atoms with E-state index in [1.54, 1.807) is 18.9 Å². The number of thioether (sulfide) groups is 2. The molecule has 7 heteroatoms. The summed E-state index contributed by atoms with van der Waals surface area (Å²) < 4.78 is 5.23. The van der Waals surface area contributed by atoms with E-state index in [2.05, 4.69) is 12.2 Å². The minimum absolute atomic E-state index is 0.0146. The Hall–Kier alpha value is -1.60. The SMILES string of the molecule is CCCCSCCCNC(=O)CN1C(=O)/C(=C/c2ccc(OC)cc2)SC2CCCCC21. The molecule has 5 nitrogen and oxygen atoms in total. The van der Waals surface area contributed by atoms with Gasteiger partial charge in [-0.25, -0.2) is 0 Å². The summed E-state index contributed by atoms with van der Waals surface area (Å²) in [5.74, 6) is 3.00. The van der Waals surface area contributed by atoms with E-state index in [0.717, 1.165) is 47.7 Å². The maximum Gasteiger partial charge on any atom is 0.261 e. The van der Waals surface area contributed by atoms with E-state index in [9.17, 15) is 9.59 Å². The molecule has 0 radical (unpaired) electrons. The Kier molecular flexibility index (Phi) is 10.3.